The van der Waals surface area contributed by atoms with Crippen LogP contribution in [0.15, 0.2) is 40.6 Å². The van der Waals surface area contributed by atoms with Crippen molar-refractivity contribution in [2.75, 3.05) is 0 Å². The van der Waals surface area contributed by atoms with Crippen LogP contribution in [-0.4, -0.2) is 22.3 Å². The SMILES string of the molecule is CC(C)OC1CC=C(c2nc(-c3cccc4c3CCC4)no2)C=C1N. The molecule has 1 aromatic heterocycles. The number of aryl methyl sites for hydroxylation is 1. The molecule has 5 nitrogen and oxygen atoms in total. The van der Waals surface area contributed by atoms with Gasteiger partial charge in [0.15, 0.2) is 0 Å². The van der Waals surface area contributed by atoms with Gasteiger partial charge in [0.25, 0.3) is 5.89 Å². The smallest absolute Gasteiger partial charge is 0.257 e. The zero-order valence-corrected chi connectivity index (χ0v) is 14.7. The van der Waals surface area contributed by atoms with Crippen molar-refractivity contribution in [1.82, 2.24) is 10.1 Å². The summed E-state index contributed by atoms with van der Waals surface area (Å²) >= 11 is 0. The van der Waals surface area contributed by atoms with Crippen LogP contribution >= 0.6 is 0 Å². The lowest BCUT2D eigenvalue weighted by Gasteiger charge is -2.22. The number of benzene rings is 1. The van der Waals surface area contributed by atoms with Crippen molar-refractivity contribution in [3.63, 3.8) is 0 Å². The summed E-state index contributed by atoms with van der Waals surface area (Å²) in [6.07, 6.45) is 8.12. The Morgan fingerprint density at radius 2 is 2.16 bits per heavy atom. The van der Waals surface area contributed by atoms with Crippen molar-refractivity contribution < 1.29 is 9.26 Å². The molecule has 0 saturated carbocycles. The van der Waals surface area contributed by atoms with Crippen LogP contribution in [0.1, 0.15) is 43.7 Å². The highest BCUT2D eigenvalue weighted by Crippen LogP contribution is 2.32. The Morgan fingerprint density at radius 3 is 2.96 bits per heavy atom. The molecule has 2 N–H and O–H groups in total. The molecule has 0 bridgehead atoms. The average Bonchev–Trinajstić information content (AvgIpc) is 3.24. The maximum Gasteiger partial charge on any atom is 0.257 e. The highest BCUT2D eigenvalue weighted by atomic mass is 16.5. The van der Waals surface area contributed by atoms with Gasteiger partial charge in [0.2, 0.25) is 5.82 Å². The fraction of sp³-hybridized carbons (Fsp3) is 0.400. The van der Waals surface area contributed by atoms with Gasteiger partial charge in [-0.1, -0.05) is 29.4 Å². The van der Waals surface area contributed by atoms with E-state index in [1.54, 1.807) is 0 Å². The number of nitrogens with zero attached hydrogens (tertiary/aromatic N) is 2. The standard InChI is InChI=1S/C20H23N3O2/c1-12(2)24-18-10-9-14(11-17(18)21)20-22-19(23-25-20)16-8-4-6-13-5-3-7-15(13)16/h4,6,8-9,11-12,18H,3,5,7,10,21H2,1-2H3. The molecular formula is C20H23N3O2. The van der Waals surface area contributed by atoms with E-state index in [0.29, 0.717) is 23.8 Å². The van der Waals surface area contributed by atoms with E-state index < -0.39 is 0 Å². The molecule has 0 amide bonds. The topological polar surface area (TPSA) is 74.2 Å². The third-order valence-corrected chi connectivity index (χ3v) is 4.74. The third kappa shape index (κ3) is 3.12. The molecule has 0 spiro atoms. The summed E-state index contributed by atoms with van der Waals surface area (Å²) in [6, 6.07) is 6.33. The van der Waals surface area contributed by atoms with Crippen LogP contribution in [0.4, 0.5) is 0 Å². The first kappa shape index (κ1) is 16.1. The zero-order valence-electron chi connectivity index (χ0n) is 14.7. The molecule has 130 valence electrons. The number of allylic oxidation sites excluding steroid dienone is 2. The van der Waals surface area contributed by atoms with E-state index >= 15 is 0 Å². The van der Waals surface area contributed by atoms with Gasteiger partial charge in [-0.15, -0.1) is 0 Å². The molecule has 25 heavy (non-hydrogen) atoms. The fourth-order valence-corrected chi connectivity index (χ4v) is 3.59. The number of hydrogen-bond donors (Lipinski definition) is 1. The lowest BCUT2D eigenvalue weighted by molar-refractivity contribution is 0.0295. The van der Waals surface area contributed by atoms with Crippen LogP contribution in [0.3, 0.4) is 0 Å². The molecule has 1 atom stereocenters. The van der Waals surface area contributed by atoms with Crippen LogP contribution in [0.5, 0.6) is 0 Å². The predicted octanol–water partition coefficient (Wildman–Crippen LogP) is 3.65. The predicted molar refractivity (Wildman–Crippen MR) is 96.6 cm³/mol. The Balaban J connectivity index is 1.59. The van der Waals surface area contributed by atoms with Gasteiger partial charge in [-0.25, -0.2) is 0 Å². The molecular weight excluding hydrogens is 314 g/mol. The monoisotopic (exact) mass is 337 g/mol. The van der Waals surface area contributed by atoms with Gasteiger partial charge in [-0.3, -0.25) is 0 Å². The Labute approximate surface area is 147 Å². The summed E-state index contributed by atoms with van der Waals surface area (Å²) in [5.74, 6) is 1.17. The lowest BCUT2D eigenvalue weighted by atomic mass is 10.0. The van der Waals surface area contributed by atoms with E-state index in [0.717, 1.165) is 24.0 Å². The van der Waals surface area contributed by atoms with Crippen molar-refractivity contribution in [1.29, 1.82) is 0 Å². The number of ether oxygens (including phenoxy) is 1. The normalized spacial score (nSPS) is 19.7. The van der Waals surface area contributed by atoms with Gasteiger partial charge >= 0.3 is 0 Å². The maximum absolute atomic E-state index is 6.15. The fourth-order valence-electron chi connectivity index (χ4n) is 3.59. The first-order valence-electron chi connectivity index (χ1n) is 8.89. The second kappa shape index (κ2) is 6.48. The van der Waals surface area contributed by atoms with Crippen LogP contribution in [0.25, 0.3) is 17.0 Å². The van der Waals surface area contributed by atoms with Crippen molar-refractivity contribution in [2.24, 2.45) is 5.73 Å². The van der Waals surface area contributed by atoms with E-state index in [1.165, 1.54) is 17.5 Å². The molecule has 1 unspecified atom stereocenters. The van der Waals surface area contributed by atoms with Gasteiger partial charge in [0.1, 0.15) is 6.10 Å². The highest BCUT2D eigenvalue weighted by Gasteiger charge is 2.23. The minimum atomic E-state index is -0.0801. The van der Waals surface area contributed by atoms with E-state index in [-0.39, 0.29) is 12.2 Å². The summed E-state index contributed by atoms with van der Waals surface area (Å²) in [6.45, 7) is 4.02. The van der Waals surface area contributed by atoms with Gasteiger partial charge in [0.05, 0.1) is 6.10 Å². The number of rotatable bonds is 4. The number of hydrogen-bond acceptors (Lipinski definition) is 5. The molecule has 1 heterocycles. The van der Waals surface area contributed by atoms with Gasteiger partial charge in [-0.05, 0) is 56.7 Å². The van der Waals surface area contributed by atoms with Crippen LogP contribution in [0, 0.1) is 0 Å². The minimum Gasteiger partial charge on any atom is -0.400 e. The summed E-state index contributed by atoms with van der Waals surface area (Å²) in [4.78, 5) is 4.62. The average molecular weight is 337 g/mol. The van der Waals surface area contributed by atoms with E-state index in [2.05, 4.69) is 34.4 Å². The first-order chi connectivity index (χ1) is 12.1. The molecule has 2 aliphatic rings. The Kier molecular flexibility index (Phi) is 4.17. The van der Waals surface area contributed by atoms with Gasteiger partial charge in [0, 0.05) is 16.8 Å². The Morgan fingerprint density at radius 1 is 1.28 bits per heavy atom. The van der Waals surface area contributed by atoms with Crippen molar-refractivity contribution in [3.8, 4) is 11.4 Å². The molecule has 4 rings (SSSR count). The third-order valence-electron chi connectivity index (χ3n) is 4.74. The molecule has 0 saturated heterocycles. The van der Waals surface area contributed by atoms with Crippen molar-refractivity contribution >= 4 is 5.57 Å². The zero-order chi connectivity index (χ0) is 17.4. The maximum atomic E-state index is 6.15. The molecule has 0 radical (unpaired) electrons. The minimum absolute atomic E-state index is 0.0801. The number of aromatic nitrogens is 2. The summed E-state index contributed by atoms with van der Waals surface area (Å²) < 4.78 is 11.3. The molecule has 5 heteroatoms. The number of nitrogens with two attached hydrogens (primary N) is 1. The van der Waals surface area contributed by atoms with Crippen LogP contribution in [-0.2, 0) is 17.6 Å². The molecule has 0 fully saturated rings. The van der Waals surface area contributed by atoms with E-state index in [4.69, 9.17) is 15.0 Å². The highest BCUT2D eigenvalue weighted by molar-refractivity contribution is 5.72. The number of fused-ring (bicyclic) bond motifs is 1. The van der Waals surface area contributed by atoms with Crippen LogP contribution in [0.2, 0.25) is 0 Å². The van der Waals surface area contributed by atoms with Gasteiger partial charge < -0.3 is 15.0 Å². The summed E-state index contributed by atoms with van der Waals surface area (Å²) in [7, 11) is 0. The molecule has 2 aliphatic carbocycles. The van der Waals surface area contributed by atoms with E-state index in [9.17, 15) is 0 Å². The summed E-state index contributed by atoms with van der Waals surface area (Å²) in [5.41, 5.74) is 11.6. The second-order valence-corrected chi connectivity index (χ2v) is 6.93. The second-order valence-electron chi connectivity index (χ2n) is 6.93. The Bertz CT molecular complexity index is 848. The Hall–Kier alpha value is -2.40. The molecule has 0 aliphatic heterocycles. The lowest BCUT2D eigenvalue weighted by Crippen LogP contribution is -2.26. The van der Waals surface area contributed by atoms with Crippen molar-refractivity contribution in [3.05, 3.63) is 53.1 Å². The van der Waals surface area contributed by atoms with Gasteiger partial charge in [-0.2, -0.15) is 4.98 Å². The first-order valence-corrected chi connectivity index (χ1v) is 8.89. The molecule has 2 aromatic rings. The molecule has 1 aromatic carbocycles. The largest absolute Gasteiger partial charge is 0.400 e. The van der Waals surface area contributed by atoms with Crippen molar-refractivity contribution in [2.45, 2.75) is 51.7 Å². The summed E-state index contributed by atoms with van der Waals surface area (Å²) in [5, 5.41) is 4.20. The van der Waals surface area contributed by atoms with E-state index in [1.807, 2.05) is 19.9 Å². The van der Waals surface area contributed by atoms with Crippen LogP contribution < -0.4 is 5.73 Å². The quantitative estimate of drug-likeness (QED) is 0.922.